The summed E-state index contributed by atoms with van der Waals surface area (Å²) in [6, 6.07) is 0. The Hall–Kier alpha value is 0. The van der Waals surface area contributed by atoms with Crippen LogP contribution in [-0.4, -0.2) is 0 Å². The van der Waals surface area contributed by atoms with Crippen LogP contribution < -0.4 is 0 Å². The Morgan fingerprint density at radius 3 is 2.08 bits per heavy atom. The molecule has 0 aromatic rings. The van der Waals surface area contributed by atoms with E-state index in [0.717, 1.165) is 17.8 Å². The van der Waals surface area contributed by atoms with E-state index in [1.165, 1.54) is 19.3 Å². The van der Waals surface area contributed by atoms with Gasteiger partial charge in [0.25, 0.3) is 0 Å². The van der Waals surface area contributed by atoms with Crippen LogP contribution >= 0.6 is 0 Å². The highest BCUT2D eigenvalue weighted by Crippen LogP contribution is 2.52. The maximum absolute atomic E-state index is 2.46. The molecule has 72 valence electrons. The molecule has 0 aromatic heterocycles. The molecule has 0 heteroatoms. The van der Waals surface area contributed by atoms with Crippen molar-refractivity contribution in [2.45, 2.75) is 53.9 Å². The van der Waals surface area contributed by atoms with E-state index in [0.29, 0.717) is 5.41 Å². The fourth-order valence-corrected chi connectivity index (χ4v) is 3.21. The summed E-state index contributed by atoms with van der Waals surface area (Å²) in [4.78, 5) is 0. The van der Waals surface area contributed by atoms with Crippen molar-refractivity contribution in [3.8, 4) is 0 Å². The van der Waals surface area contributed by atoms with Gasteiger partial charge >= 0.3 is 0 Å². The Balaban J connectivity index is 2.76. The van der Waals surface area contributed by atoms with Crippen molar-refractivity contribution in [1.29, 1.82) is 0 Å². The molecule has 0 nitrogen and oxygen atoms in total. The third kappa shape index (κ3) is 1.41. The standard InChI is InChI=1S/C12H24/c1-6-10-8-9(3)12(4,5)11(10)7-2/h9-11H,6-8H2,1-5H3. The molecule has 0 aromatic carbocycles. The molecule has 0 saturated heterocycles. The Morgan fingerprint density at radius 2 is 1.75 bits per heavy atom. The molecule has 1 saturated carbocycles. The first-order chi connectivity index (χ1) is 5.54. The van der Waals surface area contributed by atoms with E-state index in [2.05, 4.69) is 34.6 Å². The van der Waals surface area contributed by atoms with Crippen LogP contribution in [0, 0.1) is 23.2 Å². The first kappa shape index (κ1) is 10.1. The highest BCUT2D eigenvalue weighted by Gasteiger charge is 2.44. The molecular formula is C12H24. The van der Waals surface area contributed by atoms with E-state index in [1.807, 2.05) is 0 Å². The average Bonchev–Trinajstić information content (AvgIpc) is 2.23. The van der Waals surface area contributed by atoms with Crippen LogP contribution in [0.2, 0.25) is 0 Å². The van der Waals surface area contributed by atoms with Crippen molar-refractivity contribution in [3.05, 3.63) is 0 Å². The Bertz CT molecular complexity index is 146. The van der Waals surface area contributed by atoms with Gasteiger partial charge in [0, 0.05) is 0 Å². The number of hydrogen-bond acceptors (Lipinski definition) is 0. The summed E-state index contributed by atoms with van der Waals surface area (Å²) in [5.41, 5.74) is 0.593. The molecule has 0 spiro atoms. The molecule has 1 aliphatic rings. The average molecular weight is 168 g/mol. The van der Waals surface area contributed by atoms with E-state index in [-0.39, 0.29) is 0 Å². The van der Waals surface area contributed by atoms with E-state index in [4.69, 9.17) is 0 Å². The molecule has 0 amide bonds. The Labute approximate surface area is 77.7 Å². The predicted octanol–water partition coefficient (Wildman–Crippen LogP) is 4.10. The zero-order chi connectivity index (χ0) is 9.35. The molecule has 3 unspecified atom stereocenters. The summed E-state index contributed by atoms with van der Waals surface area (Å²) in [5, 5.41) is 0. The molecule has 12 heavy (non-hydrogen) atoms. The molecule has 1 rings (SSSR count). The van der Waals surface area contributed by atoms with Gasteiger partial charge in [-0.15, -0.1) is 0 Å². The van der Waals surface area contributed by atoms with Crippen molar-refractivity contribution >= 4 is 0 Å². The monoisotopic (exact) mass is 168 g/mol. The lowest BCUT2D eigenvalue weighted by Crippen LogP contribution is -2.24. The largest absolute Gasteiger partial charge is 0.0651 e. The first-order valence-electron chi connectivity index (χ1n) is 5.54. The second-order valence-electron chi connectivity index (χ2n) is 5.14. The third-order valence-corrected chi connectivity index (χ3v) is 4.42. The van der Waals surface area contributed by atoms with Gasteiger partial charge in [0.15, 0.2) is 0 Å². The number of rotatable bonds is 2. The summed E-state index contributed by atoms with van der Waals surface area (Å²) >= 11 is 0. The van der Waals surface area contributed by atoms with E-state index >= 15 is 0 Å². The molecule has 0 aliphatic heterocycles. The predicted molar refractivity (Wildman–Crippen MR) is 55.1 cm³/mol. The fourth-order valence-electron chi connectivity index (χ4n) is 3.21. The number of hydrogen-bond donors (Lipinski definition) is 0. The lowest BCUT2D eigenvalue weighted by atomic mass is 9.73. The highest BCUT2D eigenvalue weighted by molar-refractivity contribution is 4.93. The smallest absolute Gasteiger partial charge is 0.0298 e. The molecule has 0 N–H and O–H groups in total. The summed E-state index contributed by atoms with van der Waals surface area (Å²) in [6.45, 7) is 12.1. The normalized spacial score (nSPS) is 40.2. The van der Waals surface area contributed by atoms with Crippen molar-refractivity contribution in [2.75, 3.05) is 0 Å². The van der Waals surface area contributed by atoms with Gasteiger partial charge in [-0.1, -0.05) is 47.5 Å². The molecule has 1 fully saturated rings. The van der Waals surface area contributed by atoms with Crippen molar-refractivity contribution < 1.29 is 0 Å². The summed E-state index contributed by atoms with van der Waals surface area (Å²) in [6.07, 6.45) is 4.21. The topological polar surface area (TPSA) is 0 Å². The van der Waals surface area contributed by atoms with Gasteiger partial charge < -0.3 is 0 Å². The zero-order valence-corrected chi connectivity index (χ0v) is 9.35. The maximum Gasteiger partial charge on any atom is -0.0298 e. The fraction of sp³-hybridized carbons (Fsp3) is 1.00. The van der Waals surface area contributed by atoms with Crippen LogP contribution in [0.3, 0.4) is 0 Å². The quantitative estimate of drug-likeness (QED) is 0.582. The van der Waals surface area contributed by atoms with E-state index in [9.17, 15) is 0 Å². The Morgan fingerprint density at radius 1 is 1.17 bits per heavy atom. The zero-order valence-electron chi connectivity index (χ0n) is 9.35. The molecular weight excluding hydrogens is 144 g/mol. The maximum atomic E-state index is 2.46. The van der Waals surface area contributed by atoms with Crippen LogP contribution in [0.25, 0.3) is 0 Å². The summed E-state index contributed by atoms with van der Waals surface area (Å²) in [5.74, 6) is 2.89. The van der Waals surface area contributed by atoms with Crippen LogP contribution in [0.15, 0.2) is 0 Å². The van der Waals surface area contributed by atoms with Crippen molar-refractivity contribution in [1.82, 2.24) is 0 Å². The van der Waals surface area contributed by atoms with E-state index in [1.54, 1.807) is 0 Å². The first-order valence-corrected chi connectivity index (χ1v) is 5.54. The SMILES string of the molecule is CCC1CC(C)C(C)(C)C1CC. The van der Waals surface area contributed by atoms with Crippen LogP contribution in [0.5, 0.6) is 0 Å². The molecule has 0 bridgehead atoms. The summed E-state index contributed by atoms with van der Waals surface area (Å²) < 4.78 is 0. The molecule has 0 radical (unpaired) electrons. The van der Waals surface area contributed by atoms with Crippen LogP contribution in [0.1, 0.15) is 53.9 Å². The van der Waals surface area contributed by atoms with Gasteiger partial charge in [0.1, 0.15) is 0 Å². The second kappa shape index (κ2) is 3.40. The minimum Gasteiger partial charge on any atom is -0.0651 e. The van der Waals surface area contributed by atoms with Gasteiger partial charge in [-0.25, -0.2) is 0 Å². The van der Waals surface area contributed by atoms with E-state index < -0.39 is 0 Å². The lowest BCUT2D eigenvalue weighted by molar-refractivity contribution is 0.171. The third-order valence-electron chi connectivity index (χ3n) is 4.42. The van der Waals surface area contributed by atoms with Crippen molar-refractivity contribution in [2.24, 2.45) is 23.2 Å². The Kier molecular flexibility index (Phi) is 2.85. The van der Waals surface area contributed by atoms with Gasteiger partial charge in [-0.3, -0.25) is 0 Å². The minimum atomic E-state index is 0.593. The molecule has 1 aliphatic carbocycles. The van der Waals surface area contributed by atoms with Crippen molar-refractivity contribution in [3.63, 3.8) is 0 Å². The second-order valence-corrected chi connectivity index (χ2v) is 5.14. The summed E-state index contributed by atoms with van der Waals surface area (Å²) in [7, 11) is 0. The van der Waals surface area contributed by atoms with Gasteiger partial charge in [0.05, 0.1) is 0 Å². The minimum absolute atomic E-state index is 0.593. The molecule has 0 heterocycles. The van der Waals surface area contributed by atoms with Crippen LogP contribution in [-0.2, 0) is 0 Å². The van der Waals surface area contributed by atoms with Gasteiger partial charge in [-0.2, -0.15) is 0 Å². The van der Waals surface area contributed by atoms with Crippen LogP contribution in [0.4, 0.5) is 0 Å². The van der Waals surface area contributed by atoms with Gasteiger partial charge in [-0.05, 0) is 29.6 Å². The highest BCUT2D eigenvalue weighted by atomic mass is 14.5. The van der Waals surface area contributed by atoms with Gasteiger partial charge in [0.2, 0.25) is 0 Å². The lowest BCUT2D eigenvalue weighted by Gasteiger charge is -2.32. The molecule has 3 atom stereocenters.